The smallest absolute Gasteiger partial charge is 0.341 e. The molecule has 0 unspecified atom stereocenters. The van der Waals surface area contributed by atoms with Crippen molar-refractivity contribution in [1.29, 1.82) is 0 Å². The fourth-order valence-corrected chi connectivity index (χ4v) is 4.29. The number of hydrogen-bond acceptors (Lipinski definition) is 7. The fraction of sp³-hybridized carbons (Fsp3) is 0.269. The van der Waals surface area contributed by atoms with Gasteiger partial charge < -0.3 is 24.1 Å². The summed E-state index contributed by atoms with van der Waals surface area (Å²) in [6, 6.07) is 11.8. The van der Waals surface area contributed by atoms with E-state index in [1.807, 2.05) is 6.92 Å². The number of ether oxygens (including phenoxy) is 3. The molecule has 8 nitrogen and oxygen atoms in total. The quantitative estimate of drug-likeness (QED) is 0.277. The van der Waals surface area contributed by atoms with Gasteiger partial charge >= 0.3 is 5.97 Å². The first kappa shape index (κ1) is 25.2. The van der Waals surface area contributed by atoms with E-state index < -0.39 is 11.8 Å². The number of hydrogen-bond donors (Lipinski definition) is 1. The minimum absolute atomic E-state index is 0.277. The van der Waals surface area contributed by atoms with Crippen molar-refractivity contribution in [2.45, 2.75) is 20.4 Å². The van der Waals surface area contributed by atoms with Gasteiger partial charge in [0.1, 0.15) is 29.3 Å². The Labute approximate surface area is 213 Å². The molecule has 188 valence electrons. The van der Waals surface area contributed by atoms with E-state index in [0.717, 1.165) is 5.56 Å². The number of carbonyl (C=O) groups is 1. The van der Waals surface area contributed by atoms with Crippen LogP contribution in [0.15, 0.2) is 48.8 Å². The summed E-state index contributed by atoms with van der Waals surface area (Å²) >= 11 is 6.48. The van der Waals surface area contributed by atoms with Crippen molar-refractivity contribution in [3.05, 3.63) is 65.3 Å². The minimum atomic E-state index is -0.440. The van der Waals surface area contributed by atoms with Crippen LogP contribution in [0.3, 0.4) is 0 Å². The zero-order chi connectivity index (χ0) is 25.7. The Bertz CT molecular complexity index is 1390. The van der Waals surface area contributed by atoms with E-state index in [2.05, 4.69) is 15.3 Å². The molecule has 0 aliphatic carbocycles. The molecular formula is C26H26ClFN4O4. The molecule has 1 N–H and O–H groups in total. The average molecular weight is 513 g/mol. The summed E-state index contributed by atoms with van der Waals surface area (Å²) in [5.74, 6) is 0.504. The molecule has 2 heterocycles. The van der Waals surface area contributed by atoms with Gasteiger partial charge in [0.2, 0.25) is 0 Å². The molecule has 10 heteroatoms. The Balaban J connectivity index is 1.53. The lowest BCUT2D eigenvalue weighted by Crippen LogP contribution is -2.11. The zero-order valence-electron chi connectivity index (χ0n) is 20.2. The number of carbonyl (C=O) groups excluding carboxylic acids is 1. The maximum Gasteiger partial charge on any atom is 0.341 e. The maximum absolute atomic E-state index is 14.4. The Morgan fingerprint density at radius 2 is 1.97 bits per heavy atom. The molecule has 0 atom stereocenters. The molecular weight excluding hydrogens is 487 g/mol. The van der Waals surface area contributed by atoms with Crippen molar-refractivity contribution < 1.29 is 23.4 Å². The van der Waals surface area contributed by atoms with Gasteiger partial charge in [-0.15, -0.1) is 0 Å². The molecule has 0 aliphatic rings. The summed E-state index contributed by atoms with van der Waals surface area (Å²) in [6.07, 6.45) is 1.45. The molecule has 0 saturated carbocycles. The van der Waals surface area contributed by atoms with Crippen molar-refractivity contribution in [1.82, 2.24) is 14.5 Å². The lowest BCUT2D eigenvalue weighted by Gasteiger charge is -2.12. The number of aromatic nitrogens is 3. The summed E-state index contributed by atoms with van der Waals surface area (Å²) in [5, 5.41) is 3.93. The first-order valence-electron chi connectivity index (χ1n) is 11.5. The SMILES string of the molecule is CCOC(=O)c1ccc(-c2cc(NCCn3c(Cl)c(OC)c4c(F)cccc43)ncn2)cc1OCC. The number of nitrogens with zero attached hydrogens (tertiary/aromatic N) is 3. The third-order valence-corrected chi connectivity index (χ3v) is 5.89. The Morgan fingerprint density at radius 3 is 2.72 bits per heavy atom. The van der Waals surface area contributed by atoms with Crippen LogP contribution in [0.25, 0.3) is 22.2 Å². The predicted molar refractivity (Wildman–Crippen MR) is 137 cm³/mol. The molecule has 0 fully saturated rings. The number of halogens is 2. The number of fused-ring (bicyclic) bond motifs is 1. The molecule has 4 aromatic rings. The van der Waals surface area contributed by atoms with Crippen molar-refractivity contribution in [2.75, 3.05) is 32.2 Å². The normalized spacial score (nSPS) is 10.9. The van der Waals surface area contributed by atoms with E-state index in [0.29, 0.717) is 64.3 Å². The molecule has 4 rings (SSSR count). The van der Waals surface area contributed by atoms with Crippen LogP contribution >= 0.6 is 11.6 Å². The molecule has 2 aromatic carbocycles. The highest BCUT2D eigenvalue weighted by atomic mass is 35.5. The van der Waals surface area contributed by atoms with E-state index in [4.69, 9.17) is 25.8 Å². The van der Waals surface area contributed by atoms with Gasteiger partial charge in [-0.05, 0) is 38.1 Å². The highest BCUT2D eigenvalue weighted by Gasteiger charge is 2.19. The highest BCUT2D eigenvalue weighted by Crippen LogP contribution is 2.38. The van der Waals surface area contributed by atoms with Gasteiger partial charge in [0.25, 0.3) is 0 Å². The second kappa shape index (κ2) is 11.3. The average Bonchev–Trinajstić information content (AvgIpc) is 3.16. The number of methoxy groups -OCH3 is 1. The van der Waals surface area contributed by atoms with Crippen molar-refractivity contribution in [3.63, 3.8) is 0 Å². The second-order valence-corrected chi connectivity index (χ2v) is 8.05. The molecule has 0 saturated heterocycles. The molecule has 0 bridgehead atoms. The highest BCUT2D eigenvalue weighted by molar-refractivity contribution is 6.33. The third-order valence-electron chi connectivity index (χ3n) is 5.52. The first-order chi connectivity index (χ1) is 17.5. The van der Waals surface area contributed by atoms with Gasteiger partial charge in [0.05, 0.1) is 36.9 Å². The van der Waals surface area contributed by atoms with E-state index in [-0.39, 0.29) is 6.61 Å². The van der Waals surface area contributed by atoms with E-state index in [1.54, 1.807) is 47.9 Å². The van der Waals surface area contributed by atoms with Gasteiger partial charge in [-0.2, -0.15) is 0 Å². The van der Waals surface area contributed by atoms with Gasteiger partial charge in [0.15, 0.2) is 10.9 Å². The Hall–Kier alpha value is -3.85. The molecule has 2 aromatic heterocycles. The molecule has 0 aliphatic heterocycles. The van der Waals surface area contributed by atoms with Crippen molar-refractivity contribution in [3.8, 4) is 22.8 Å². The van der Waals surface area contributed by atoms with E-state index in [9.17, 15) is 9.18 Å². The standard InChI is InChI=1S/C26H26ClFN4O4/c1-4-35-21-13-16(9-10-17(21)26(33)36-5-2)19-14-22(31-15-30-19)29-11-12-32-20-8-6-7-18(28)23(20)24(34-3)25(32)27/h6-10,13-15H,4-5,11-12H2,1-3H3,(H,29,30,31). The van der Waals surface area contributed by atoms with Crippen LogP contribution in [-0.2, 0) is 11.3 Å². The van der Waals surface area contributed by atoms with Crippen LogP contribution in [0.1, 0.15) is 24.2 Å². The number of esters is 1. The fourth-order valence-electron chi connectivity index (χ4n) is 3.94. The molecule has 36 heavy (non-hydrogen) atoms. The largest absolute Gasteiger partial charge is 0.493 e. The lowest BCUT2D eigenvalue weighted by molar-refractivity contribution is 0.0522. The topological polar surface area (TPSA) is 87.5 Å². The predicted octanol–water partition coefficient (Wildman–Crippen LogP) is 5.59. The van der Waals surface area contributed by atoms with Crippen LogP contribution in [0.4, 0.5) is 10.2 Å². The number of rotatable bonds is 10. The Morgan fingerprint density at radius 1 is 1.14 bits per heavy atom. The monoisotopic (exact) mass is 512 g/mol. The second-order valence-electron chi connectivity index (χ2n) is 7.69. The van der Waals surface area contributed by atoms with Gasteiger partial charge in [-0.3, -0.25) is 0 Å². The van der Waals surface area contributed by atoms with E-state index >= 15 is 0 Å². The summed E-state index contributed by atoms with van der Waals surface area (Å²) in [5.41, 5.74) is 2.42. The third kappa shape index (κ3) is 5.06. The summed E-state index contributed by atoms with van der Waals surface area (Å²) in [7, 11) is 1.47. The minimum Gasteiger partial charge on any atom is -0.493 e. The summed E-state index contributed by atoms with van der Waals surface area (Å²) in [6.45, 7) is 5.19. The van der Waals surface area contributed by atoms with Gasteiger partial charge in [-0.25, -0.2) is 19.2 Å². The molecule has 0 radical (unpaired) electrons. The molecule has 0 spiro atoms. The number of nitrogens with one attached hydrogen (secondary N) is 1. The van der Waals surface area contributed by atoms with Crippen LogP contribution in [0.5, 0.6) is 11.5 Å². The lowest BCUT2D eigenvalue weighted by atomic mass is 10.1. The summed E-state index contributed by atoms with van der Waals surface area (Å²) in [4.78, 5) is 20.9. The van der Waals surface area contributed by atoms with Crippen LogP contribution < -0.4 is 14.8 Å². The molecule has 0 amide bonds. The van der Waals surface area contributed by atoms with Crippen LogP contribution in [-0.4, -0.2) is 47.4 Å². The first-order valence-corrected chi connectivity index (χ1v) is 11.9. The van der Waals surface area contributed by atoms with Crippen LogP contribution in [0, 0.1) is 5.82 Å². The van der Waals surface area contributed by atoms with Crippen molar-refractivity contribution >= 4 is 34.3 Å². The summed E-state index contributed by atoms with van der Waals surface area (Å²) < 4.78 is 32.3. The Kier molecular flexibility index (Phi) is 7.90. The maximum atomic E-state index is 14.4. The van der Waals surface area contributed by atoms with Gasteiger partial charge in [0, 0.05) is 24.7 Å². The number of benzene rings is 2. The van der Waals surface area contributed by atoms with E-state index in [1.165, 1.54) is 19.5 Å². The van der Waals surface area contributed by atoms with Crippen LogP contribution in [0.2, 0.25) is 5.15 Å². The number of anilines is 1. The van der Waals surface area contributed by atoms with Gasteiger partial charge in [-0.1, -0.05) is 23.7 Å². The van der Waals surface area contributed by atoms with Crippen molar-refractivity contribution in [2.24, 2.45) is 0 Å². The zero-order valence-corrected chi connectivity index (χ0v) is 20.9.